The van der Waals surface area contributed by atoms with Crippen LogP contribution in [-0.2, 0) is 26.6 Å². The van der Waals surface area contributed by atoms with Crippen molar-refractivity contribution in [3.05, 3.63) is 52.8 Å². The monoisotopic (exact) mass is 243 g/mol. The summed E-state index contributed by atoms with van der Waals surface area (Å²) in [5.74, 6) is 0. The van der Waals surface area contributed by atoms with Crippen LogP contribution in [0.15, 0.2) is 30.3 Å². The van der Waals surface area contributed by atoms with E-state index in [1.807, 2.05) is 18.7 Å². The van der Waals surface area contributed by atoms with Gasteiger partial charge in [-0.3, -0.25) is 4.68 Å². The summed E-state index contributed by atoms with van der Waals surface area (Å²) in [5, 5.41) is 7.78. The average Bonchev–Trinajstić information content (AvgIpc) is 2.69. The van der Waals surface area contributed by atoms with E-state index in [2.05, 4.69) is 47.7 Å². The van der Waals surface area contributed by atoms with Crippen molar-refractivity contribution in [3.63, 3.8) is 0 Å². The zero-order chi connectivity index (χ0) is 13.0. The molecule has 0 aliphatic carbocycles. The highest BCUT2D eigenvalue weighted by molar-refractivity contribution is 5.22. The number of rotatable bonds is 5. The molecular formula is C15H21N3. The average molecular weight is 243 g/mol. The molecule has 0 amide bonds. The molecule has 0 unspecified atom stereocenters. The first kappa shape index (κ1) is 12.8. The summed E-state index contributed by atoms with van der Waals surface area (Å²) in [6.45, 7) is 5.95. The van der Waals surface area contributed by atoms with Gasteiger partial charge in [0.1, 0.15) is 0 Å². The zero-order valence-corrected chi connectivity index (χ0v) is 11.4. The molecular weight excluding hydrogens is 222 g/mol. The predicted molar refractivity (Wildman–Crippen MR) is 74.3 cm³/mol. The molecule has 1 aromatic carbocycles. The molecule has 0 atom stereocenters. The minimum Gasteiger partial charge on any atom is -0.307 e. The third kappa shape index (κ3) is 3.20. The van der Waals surface area contributed by atoms with Gasteiger partial charge in [-0.2, -0.15) is 5.10 Å². The standard InChI is InChI=1S/C15H21N3/c1-4-13-5-7-14(8-6-13)10-16-11-15-9-12(2)17-18(15)3/h5-9,16H,4,10-11H2,1-3H3. The number of nitrogens with one attached hydrogen (secondary N) is 1. The lowest BCUT2D eigenvalue weighted by Gasteiger charge is -2.06. The van der Waals surface area contributed by atoms with Gasteiger partial charge in [0.15, 0.2) is 0 Å². The summed E-state index contributed by atoms with van der Waals surface area (Å²) in [4.78, 5) is 0. The summed E-state index contributed by atoms with van der Waals surface area (Å²) in [5.41, 5.74) is 5.01. The van der Waals surface area contributed by atoms with E-state index in [0.717, 1.165) is 25.2 Å². The second-order valence-electron chi connectivity index (χ2n) is 4.67. The normalized spacial score (nSPS) is 10.8. The SMILES string of the molecule is CCc1ccc(CNCc2cc(C)nn2C)cc1. The van der Waals surface area contributed by atoms with Crippen LogP contribution in [0.25, 0.3) is 0 Å². The Morgan fingerprint density at radius 3 is 2.33 bits per heavy atom. The fourth-order valence-electron chi connectivity index (χ4n) is 2.06. The Morgan fingerprint density at radius 2 is 1.78 bits per heavy atom. The molecule has 0 saturated heterocycles. The Hall–Kier alpha value is -1.61. The van der Waals surface area contributed by atoms with E-state index in [1.165, 1.54) is 16.8 Å². The van der Waals surface area contributed by atoms with Crippen molar-refractivity contribution in [2.24, 2.45) is 7.05 Å². The molecule has 0 fully saturated rings. The topological polar surface area (TPSA) is 29.9 Å². The maximum atomic E-state index is 4.34. The predicted octanol–water partition coefficient (Wildman–Crippen LogP) is 2.58. The summed E-state index contributed by atoms with van der Waals surface area (Å²) >= 11 is 0. The number of hydrogen-bond acceptors (Lipinski definition) is 2. The summed E-state index contributed by atoms with van der Waals surface area (Å²) in [6.07, 6.45) is 1.10. The van der Waals surface area contributed by atoms with E-state index in [9.17, 15) is 0 Å². The molecule has 0 aliphatic heterocycles. The number of benzene rings is 1. The molecule has 3 heteroatoms. The quantitative estimate of drug-likeness (QED) is 0.874. The van der Waals surface area contributed by atoms with Crippen molar-refractivity contribution in [1.29, 1.82) is 0 Å². The molecule has 18 heavy (non-hydrogen) atoms. The molecule has 1 aromatic heterocycles. The molecule has 2 aromatic rings. The Kier molecular flexibility index (Phi) is 4.15. The molecule has 0 radical (unpaired) electrons. The second kappa shape index (κ2) is 5.83. The number of aryl methyl sites for hydroxylation is 3. The number of nitrogens with zero attached hydrogens (tertiary/aromatic N) is 2. The van der Waals surface area contributed by atoms with Crippen molar-refractivity contribution >= 4 is 0 Å². The van der Waals surface area contributed by atoms with E-state index >= 15 is 0 Å². The van der Waals surface area contributed by atoms with Crippen LogP contribution in [0.1, 0.15) is 29.4 Å². The Balaban J connectivity index is 1.86. The number of hydrogen-bond donors (Lipinski definition) is 1. The largest absolute Gasteiger partial charge is 0.307 e. The van der Waals surface area contributed by atoms with E-state index in [0.29, 0.717) is 0 Å². The fraction of sp³-hybridized carbons (Fsp3) is 0.400. The highest BCUT2D eigenvalue weighted by Crippen LogP contribution is 2.06. The third-order valence-electron chi connectivity index (χ3n) is 3.17. The van der Waals surface area contributed by atoms with Gasteiger partial charge in [-0.15, -0.1) is 0 Å². The van der Waals surface area contributed by atoms with E-state index < -0.39 is 0 Å². The van der Waals surface area contributed by atoms with Crippen molar-refractivity contribution in [1.82, 2.24) is 15.1 Å². The van der Waals surface area contributed by atoms with Gasteiger partial charge >= 0.3 is 0 Å². The summed E-state index contributed by atoms with van der Waals surface area (Å²) in [7, 11) is 1.99. The van der Waals surface area contributed by atoms with Crippen LogP contribution < -0.4 is 5.32 Å². The van der Waals surface area contributed by atoms with Crippen molar-refractivity contribution in [2.75, 3.05) is 0 Å². The molecule has 1 N–H and O–H groups in total. The molecule has 0 aliphatic rings. The van der Waals surface area contributed by atoms with Crippen molar-refractivity contribution in [2.45, 2.75) is 33.4 Å². The molecule has 0 saturated carbocycles. The van der Waals surface area contributed by atoms with Gasteiger partial charge in [0, 0.05) is 20.1 Å². The van der Waals surface area contributed by atoms with E-state index in [-0.39, 0.29) is 0 Å². The second-order valence-corrected chi connectivity index (χ2v) is 4.67. The Morgan fingerprint density at radius 1 is 1.11 bits per heavy atom. The van der Waals surface area contributed by atoms with Crippen LogP contribution in [0, 0.1) is 6.92 Å². The van der Waals surface area contributed by atoms with Crippen LogP contribution in [0.4, 0.5) is 0 Å². The maximum Gasteiger partial charge on any atom is 0.0597 e. The van der Waals surface area contributed by atoms with Crippen LogP contribution >= 0.6 is 0 Å². The lowest BCUT2D eigenvalue weighted by Crippen LogP contribution is -2.15. The lowest BCUT2D eigenvalue weighted by atomic mass is 10.1. The molecule has 2 rings (SSSR count). The third-order valence-corrected chi connectivity index (χ3v) is 3.17. The first-order chi connectivity index (χ1) is 8.69. The van der Waals surface area contributed by atoms with Gasteiger partial charge in [0.05, 0.1) is 11.4 Å². The summed E-state index contributed by atoms with van der Waals surface area (Å²) < 4.78 is 1.93. The first-order valence-electron chi connectivity index (χ1n) is 6.47. The van der Waals surface area contributed by atoms with Gasteiger partial charge in [0.2, 0.25) is 0 Å². The fourth-order valence-corrected chi connectivity index (χ4v) is 2.06. The van der Waals surface area contributed by atoms with Gasteiger partial charge in [0.25, 0.3) is 0 Å². The molecule has 0 bridgehead atoms. The molecule has 0 spiro atoms. The number of aromatic nitrogens is 2. The smallest absolute Gasteiger partial charge is 0.0597 e. The zero-order valence-electron chi connectivity index (χ0n) is 11.4. The first-order valence-corrected chi connectivity index (χ1v) is 6.47. The van der Waals surface area contributed by atoms with Crippen molar-refractivity contribution < 1.29 is 0 Å². The minimum atomic E-state index is 0.854. The van der Waals surface area contributed by atoms with Gasteiger partial charge in [-0.25, -0.2) is 0 Å². The Labute approximate surface area is 109 Å². The molecule has 1 heterocycles. The van der Waals surface area contributed by atoms with E-state index in [1.54, 1.807) is 0 Å². The van der Waals surface area contributed by atoms with Gasteiger partial charge < -0.3 is 5.32 Å². The Bertz CT molecular complexity index is 497. The van der Waals surface area contributed by atoms with Crippen LogP contribution in [0.2, 0.25) is 0 Å². The maximum absolute atomic E-state index is 4.34. The lowest BCUT2D eigenvalue weighted by molar-refractivity contribution is 0.624. The highest BCUT2D eigenvalue weighted by Gasteiger charge is 2.01. The highest BCUT2D eigenvalue weighted by atomic mass is 15.3. The van der Waals surface area contributed by atoms with Crippen LogP contribution in [-0.4, -0.2) is 9.78 Å². The van der Waals surface area contributed by atoms with Gasteiger partial charge in [-0.1, -0.05) is 31.2 Å². The van der Waals surface area contributed by atoms with Crippen LogP contribution in [0.3, 0.4) is 0 Å². The van der Waals surface area contributed by atoms with Crippen LogP contribution in [0.5, 0.6) is 0 Å². The minimum absolute atomic E-state index is 0.854. The molecule has 96 valence electrons. The van der Waals surface area contributed by atoms with Gasteiger partial charge in [-0.05, 0) is 30.5 Å². The van der Waals surface area contributed by atoms with E-state index in [4.69, 9.17) is 0 Å². The summed E-state index contributed by atoms with van der Waals surface area (Å²) in [6, 6.07) is 10.9. The molecule has 3 nitrogen and oxygen atoms in total. The van der Waals surface area contributed by atoms with Crippen molar-refractivity contribution in [3.8, 4) is 0 Å².